The molecule has 0 aliphatic carbocycles. The fraction of sp³-hybridized carbons (Fsp3) is 0.562. The third-order valence-electron chi connectivity index (χ3n) is 4.52. The lowest BCUT2D eigenvalue weighted by Gasteiger charge is -2.16. The van der Waals surface area contributed by atoms with Gasteiger partial charge in [-0.25, -0.2) is 8.42 Å². The van der Waals surface area contributed by atoms with Gasteiger partial charge < -0.3 is 0 Å². The van der Waals surface area contributed by atoms with E-state index in [4.69, 9.17) is 0 Å². The van der Waals surface area contributed by atoms with Gasteiger partial charge in [-0.05, 0) is 44.4 Å². The number of aromatic nitrogens is 2. The number of hydrogen-bond donors (Lipinski definition) is 0. The molecule has 1 aliphatic rings. The highest BCUT2D eigenvalue weighted by molar-refractivity contribution is 7.89. The molecule has 5 nitrogen and oxygen atoms in total. The van der Waals surface area contributed by atoms with Crippen LogP contribution >= 0.6 is 0 Å². The lowest BCUT2D eigenvalue weighted by atomic mass is 10.1. The minimum atomic E-state index is -3.39. The van der Waals surface area contributed by atoms with Gasteiger partial charge in [0, 0.05) is 24.5 Å². The first-order valence-corrected chi connectivity index (χ1v) is 9.35. The maximum atomic E-state index is 12.8. The van der Waals surface area contributed by atoms with Crippen molar-refractivity contribution in [2.45, 2.75) is 44.6 Å². The smallest absolute Gasteiger partial charge is 0.243 e. The molecule has 2 heterocycles. The standard InChI is InChI=1S/C16H23N3O2S/c1-4-13-7-8-18(11-13)22(20,21)15-5-6-16-14(9-15)10-17-19(16)12(2)3/h5-6,9-10,12-13H,4,7-8,11H2,1-3H3. The number of rotatable bonds is 4. The van der Waals surface area contributed by atoms with E-state index in [1.54, 1.807) is 22.6 Å². The molecule has 1 aromatic heterocycles. The van der Waals surface area contributed by atoms with Crippen molar-refractivity contribution >= 4 is 20.9 Å². The molecule has 6 heteroatoms. The molecular weight excluding hydrogens is 298 g/mol. The van der Waals surface area contributed by atoms with Gasteiger partial charge in [-0.3, -0.25) is 4.68 Å². The largest absolute Gasteiger partial charge is 0.262 e. The first kappa shape index (κ1) is 15.5. The van der Waals surface area contributed by atoms with Gasteiger partial charge in [0.2, 0.25) is 10.0 Å². The summed E-state index contributed by atoms with van der Waals surface area (Å²) in [5.74, 6) is 0.488. The SMILES string of the molecule is CCC1CCN(S(=O)(=O)c2ccc3c(cnn3C(C)C)c2)C1. The Morgan fingerprint density at radius 3 is 2.77 bits per heavy atom. The summed E-state index contributed by atoms with van der Waals surface area (Å²) in [5, 5.41) is 5.23. The number of nitrogens with zero attached hydrogens (tertiary/aromatic N) is 3. The zero-order chi connectivity index (χ0) is 15.9. The minimum Gasteiger partial charge on any atom is -0.262 e. The summed E-state index contributed by atoms with van der Waals surface area (Å²) in [4.78, 5) is 0.375. The third kappa shape index (κ3) is 2.54. The molecule has 1 saturated heterocycles. The Morgan fingerprint density at radius 2 is 2.14 bits per heavy atom. The van der Waals surface area contributed by atoms with E-state index in [1.165, 1.54) is 0 Å². The molecule has 0 N–H and O–H groups in total. The summed E-state index contributed by atoms with van der Waals surface area (Å²) in [6, 6.07) is 5.57. The van der Waals surface area contributed by atoms with Crippen LogP contribution in [-0.2, 0) is 10.0 Å². The summed E-state index contributed by atoms with van der Waals surface area (Å²) >= 11 is 0. The van der Waals surface area contributed by atoms with Crippen LogP contribution in [0.5, 0.6) is 0 Å². The Morgan fingerprint density at radius 1 is 1.36 bits per heavy atom. The Kier molecular flexibility index (Phi) is 3.99. The number of hydrogen-bond acceptors (Lipinski definition) is 3. The van der Waals surface area contributed by atoms with Crippen LogP contribution in [0.2, 0.25) is 0 Å². The highest BCUT2D eigenvalue weighted by Crippen LogP contribution is 2.28. The first-order chi connectivity index (χ1) is 10.4. The molecule has 120 valence electrons. The second-order valence-corrected chi connectivity index (χ2v) is 8.27. The van der Waals surface area contributed by atoms with Crippen LogP contribution in [0, 0.1) is 5.92 Å². The monoisotopic (exact) mass is 321 g/mol. The van der Waals surface area contributed by atoms with Gasteiger partial charge in [-0.2, -0.15) is 9.40 Å². The van der Waals surface area contributed by atoms with Crippen molar-refractivity contribution in [2.75, 3.05) is 13.1 Å². The van der Waals surface area contributed by atoms with Gasteiger partial charge >= 0.3 is 0 Å². The zero-order valence-corrected chi connectivity index (χ0v) is 14.2. The first-order valence-electron chi connectivity index (χ1n) is 7.91. The fourth-order valence-corrected chi connectivity index (χ4v) is 4.67. The molecule has 0 radical (unpaired) electrons. The normalized spacial score (nSPS) is 20.3. The van der Waals surface area contributed by atoms with Crippen LogP contribution in [0.25, 0.3) is 10.9 Å². The van der Waals surface area contributed by atoms with Crippen molar-refractivity contribution in [3.05, 3.63) is 24.4 Å². The van der Waals surface area contributed by atoms with E-state index in [-0.39, 0.29) is 6.04 Å². The summed E-state index contributed by atoms with van der Waals surface area (Å²) in [5.41, 5.74) is 0.974. The van der Waals surface area contributed by atoms with Crippen molar-refractivity contribution in [1.29, 1.82) is 0 Å². The van der Waals surface area contributed by atoms with Crippen LogP contribution < -0.4 is 0 Å². The van der Waals surface area contributed by atoms with Gasteiger partial charge in [-0.15, -0.1) is 0 Å². The van der Waals surface area contributed by atoms with E-state index in [0.29, 0.717) is 23.9 Å². The van der Waals surface area contributed by atoms with Crippen molar-refractivity contribution < 1.29 is 8.42 Å². The average Bonchev–Trinajstić information content (AvgIpc) is 3.13. The Labute approximate surface area is 132 Å². The Bertz CT molecular complexity index is 780. The third-order valence-corrected chi connectivity index (χ3v) is 6.38. The van der Waals surface area contributed by atoms with Crippen LogP contribution in [-0.4, -0.2) is 35.6 Å². The van der Waals surface area contributed by atoms with Gasteiger partial charge in [0.05, 0.1) is 16.6 Å². The van der Waals surface area contributed by atoms with E-state index in [1.807, 2.05) is 10.7 Å². The molecule has 1 atom stereocenters. The highest BCUT2D eigenvalue weighted by atomic mass is 32.2. The van der Waals surface area contributed by atoms with Gasteiger partial charge in [0.1, 0.15) is 0 Å². The molecule has 1 aromatic carbocycles. The quantitative estimate of drug-likeness (QED) is 0.870. The average molecular weight is 321 g/mol. The predicted molar refractivity (Wildman–Crippen MR) is 87.3 cm³/mol. The van der Waals surface area contributed by atoms with Crippen LogP contribution in [0.15, 0.2) is 29.3 Å². The number of sulfonamides is 1. The summed E-state index contributed by atoms with van der Waals surface area (Å²) in [6.45, 7) is 7.51. The summed E-state index contributed by atoms with van der Waals surface area (Å²) < 4.78 is 29.1. The molecule has 0 amide bonds. The number of benzene rings is 1. The van der Waals surface area contributed by atoms with E-state index in [2.05, 4.69) is 25.9 Å². The van der Waals surface area contributed by atoms with E-state index >= 15 is 0 Å². The molecule has 1 fully saturated rings. The van der Waals surface area contributed by atoms with Crippen LogP contribution in [0.1, 0.15) is 39.7 Å². The fourth-order valence-electron chi connectivity index (χ4n) is 3.10. The van der Waals surface area contributed by atoms with Crippen LogP contribution in [0.3, 0.4) is 0 Å². The molecule has 1 unspecified atom stereocenters. The zero-order valence-electron chi connectivity index (χ0n) is 13.4. The molecule has 3 rings (SSSR count). The predicted octanol–water partition coefficient (Wildman–Crippen LogP) is 3.04. The topological polar surface area (TPSA) is 55.2 Å². The summed E-state index contributed by atoms with van der Waals surface area (Å²) in [7, 11) is -3.39. The molecule has 1 aliphatic heterocycles. The van der Waals surface area contributed by atoms with Crippen molar-refractivity contribution in [3.8, 4) is 0 Å². The van der Waals surface area contributed by atoms with Crippen molar-refractivity contribution in [3.63, 3.8) is 0 Å². The maximum Gasteiger partial charge on any atom is 0.243 e. The lowest BCUT2D eigenvalue weighted by Crippen LogP contribution is -2.28. The molecular formula is C16H23N3O2S. The molecule has 0 saturated carbocycles. The van der Waals surface area contributed by atoms with E-state index < -0.39 is 10.0 Å². The maximum absolute atomic E-state index is 12.8. The summed E-state index contributed by atoms with van der Waals surface area (Å²) in [6.07, 6.45) is 3.74. The van der Waals surface area contributed by atoms with Crippen molar-refractivity contribution in [2.24, 2.45) is 5.92 Å². The number of fused-ring (bicyclic) bond motifs is 1. The Balaban J connectivity index is 1.96. The molecule has 0 bridgehead atoms. The second kappa shape index (κ2) is 5.66. The van der Waals surface area contributed by atoms with Gasteiger partial charge in [-0.1, -0.05) is 13.3 Å². The van der Waals surface area contributed by atoms with Crippen LogP contribution in [0.4, 0.5) is 0 Å². The molecule has 0 spiro atoms. The second-order valence-electron chi connectivity index (χ2n) is 6.33. The lowest BCUT2D eigenvalue weighted by molar-refractivity contribution is 0.453. The van der Waals surface area contributed by atoms with Crippen molar-refractivity contribution in [1.82, 2.24) is 14.1 Å². The highest BCUT2D eigenvalue weighted by Gasteiger charge is 2.31. The van der Waals surface area contributed by atoms with Gasteiger partial charge in [0.25, 0.3) is 0 Å². The molecule has 22 heavy (non-hydrogen) atoms. The van der Waals surface area contributed by atoms with E-state index in [0.717, 1.165) is 23.7 Å². The molecule has 2 aromatic rings. The van der Waals surface area contributed by atoms with Gasteiger partial charge in [0.15, 0.2) is 0 Å². The van der Waals surface area contributed by atoms with E-state index in [9.17, 15) is 8.42 Å². The minimum absolute atomic E-state index is 0.254. The Hall–Kier alpha value is -1.40.